The normalized spacial score (nSPS) is 11.6. The van der Waals surface area contributed by atoms with Crippen LogP contribution in [0.4, 0.5) is 0 Å². The number of hydrogen-bond donors (Lipinski definition) is 0. The van der Waals surface area contributed by atoms with E-state index in [1.165, 1.54) is 52.7 Å². The molecule has 256 valence electrons. The fourth-order valence-corrected chi connectivity index (χ4v) is 9.24. The molecular weight excluding hydrogens is 687 g/mol. The van der Waals surface area contributed by atoms with Crippen LogP contribution < -0.4 is 0 Å². The van der Waals surface area contributed by atoms with Crippen molar-refractivity contribution in [3.63, 3.8) is 0 Å². The van der Waals surface area contributed by atoms with Gasteiger partial charge in [-0.2, -0.15) is 0 Å². The maximum atomic E-state index is 5.51. The highest BCUT2D eigenvalue weighted by molar-refractivity contribution is 7.26. The summed E-state index contributed by atoms with van der Waals surface area (Å²) in [6.45, 7) is 0. The standard InChI is InChI=1S/C51H31N3S/c1-3-13-32(14-4-1)44-31-45(33-15-5-2-6-16-33)54-51(53-44)35-25-23-34(24-26-35)49-48-42-21-11-12-22-47(42)55-50(48)41-28-27-37(30-46(41)52-49)43-29-36-17-7-8-18-38(36)39-19-9-10-20-40(39)43/h1-31H. The maximum absolute atomic E-state index is 5.51. The van der Waals surface area contributed by atoms with Gasteiger partial charge in [0.05, 0.1) is 22.6 Å². The molecule has 8 aromatic carbocycles. The molecule has 55 heavy (non-hydrogen) atoms. The van der Waals surface area contributed by atoms with Crippen LogP contribution in [-0.4, -0.2) is 15.0 Å². The van der Waals surface area contributed by atoms with Crippen LogP contribution in [0, 0.1) is 0 Å². The Morgan fingerprint density at radius 1 is 0.364 bits per heavy atom. The van der Waals surface area contributed by atoms with E-state index in [0.29, 0.717) is 5.82 Å². The number of pyridine rings is 1. The lowest BCUT2D eigenvalue weighted by atomic mass is 9.92. The van der Waals surface area contributed by atoms with Crippen LogP contribution >= 0.6 is 11.3 Å². The second kappa shape index (κ2) is 12.8. The Hall–Kier alpha value is -7.01. The second-order valence-corrected chi connectivity index (χ2v) is 15.0. The van der Waals surface area contributed by atoms with Crippen LogP contribution in [-0.2, 0) is 0 Å². The molecule has 0 N–H and O–H groups in total. The van der Waals surface area contributed by atoms with E-state index < -0.39 is 0 Å². The first-order chi connectivity index (χ1) is 27.2. The first kappa shape index (κ1) is 31.5. The number of thiophene rings is 1. The highest BCUT2D eigenvalue weighted by Gasteiger charge is 2.18. The first-order valence-electron chi connectivity index (χ1n) is 18.5. The monoisotopic (exact) mass is 717 g/mol. The number of hydrogen-bond acceptors (Lipinski definition) is 4. The Balaban J connectivity index is 1.08. The lowest BCUT2D eigenvalue weighted by Gasteiger charge is -2.13. The molecule has 0 aliphatic carbocycles. The molecule has 0 aliphatic heterocycles. The average Bonchev–Trinajstić information content (AvgIpc) is 3.66. The minimum absolute atomic E-state index is 0.691. The van der Waals surface area contributed by atoms with E-state index in [-0.39, 0.29) is 0 Å². The summed E-state index contributed by atoms with van der Waals surface area (Å²) >= 11 is 1.85. The van der Waals surface area contributed by atoms with Crippen LogP contribution in [0.2, 0.25) is 0 Å². The van der Waals surface area contributed by atoms with Crippen LogP contribution in [0.1, 0.15) is 0 Å². The zero-order valence-electron chi connectivity index (χ0n) is 29.6. The van der Waals surface area contributed by atoms with Crippen molar-refractivity contribution in [3.8, 4) is 56.3 Å². The van der Waals surface area contributed by atoms with Gasteiger partial charge in [0.15, 0.2) is 5.82 Å². The smallest absolute Gasteiger partial charge is 0.160 e. The molecule has 0 saturated heterocycles. The SMILES string of the molecule is c1ccc(-c2cc(-c3ccccc3)nc(-c3ccc(-c4nc5cc(-c6cc7ccccc7c7ccccc67)ccc5c5sc6ccccc6c45)cc3)n2)cc1. The number of fused-ring (bicyclic) bond motifs is 8. The molecule has 0 saturated carbocycles. The summed E-state index contributed by atoms with van der Waals surface area (Å²) in [5.74, 6) is 0.691. The van der Waals surface area contributed by atoms with Crippen molar-refractivity contribution in [2.24, 2.45) is 0 Å². The Kier molecular flexibility index (Phi) is 7.35. The Morgan fingerprint density at radius 3 is 1.67 bits per heavy atom. The Bertz CT molecular complexity index is 3180. The van der Waals surface area contributed by atoms with Gasteiger partial charge < -0.3 is 0 Å². The third-order valence-electron chi connectivity index (χ3n) is 10.7. The molecule has 11 aromatic rings. The third-order valence-corrected chi connectivity index (χ3v) is 11.9. The number of aromatic nitrogens is 3. The topological polar surface area (TPSA) is 38.7 Å². The predicted molar refractivity (Wildman–Crippen MR) is 232 cm³/mol. The highest BCUT2D eigenvalue weighted by atomic mass is 32.1. The fourth-order valence-electron chi connectivity index (χ4n) is 8.00. The molecule has 3 nitrogen and oxygen atoms in total. The van der Waals surface area contributed by atoms with E-state index in [4.69, 9.17) is 15.0 Å². The zero-order valence-corrected chi connectivity index (χ0v) is 30.5. The largest absolute Gasteiger partial charge is 0.247 e. The molecule has 0 bridgehead atoms. The highest BCUT2D eigenvalue weighted by Crippen LogP contribution is 2.44. The molecule has 3 heterocycles. The summed E-state index contributed by atoms with van der Waals surface area (Å²) < 4.78 is 2.51. The van der Waals surface area contributed by atoms with Crippen LogP contribution in [0.25, 0.3) is 109 Å². The van der Waals surface area contributed by atoms with Gasteiger partial charge in [-0.1, -0.05) is 164 Å². The van der Waals surface area contributed by atoms with Gasteiger partial charge >= 0.3 is 0 Å². The van der Waals surface area contributed by atoms with Gasteiger partial charge in [0.2, 0.25) is 0 Å². The van der Waals surface area contributed by atoms with Crippen molar-refractivity contribution in [3.05, 3.63) is 188 Å². The molecule has 3 aromatic heterocycles. The molecule has 0 aliphatic rings. The summed E-state index contributed by atoms with van der Waals surface area (Å²) in [4.78, 5) is 15.7. The number of rotatable bonds is 5. The van der Waals surface area contributed by atoms with Gasteiger partial charge in [0.25, 0.3) is 0 Å². The minimum atomic E-state index is 0.691. The fraction of sp³-hybridized carbons (Fsp3) is 0. The quantitative estimate of drug-likeness (QED) is 0.166. The van der Waals surface area contributed by atoms with Gasteiger partial charge in [-0.3, -0.25) is 0 Å². The summed E-state index contributed by atoms with van der Waals surface area (Å²) in [5, 5.41) is 8.60. The van der Waals surface area contributed by atoms with Gasteiger partial charge in [0.1, 0.15) is 0 Å². The van der Waals surface area contributed by atoms with Gasteiger partial charge in [-0.15, -0.1) is 11.3 Å². The molecule has 4 heteroatoms. The summed E-state index contributed by atoms with van der Waals surface area (Å²) in [7, 11) is 0. The first-order valence-corrected chi connectivity index (χ1v) is 19.3. The molecule has 0 spiro atoms. The minimum Gasteiger partial charge on any atom is -0.247 e. The molecule has 0 fully saturated rings. The van der Waals surface area contributed by atoms with Crippen molar-refractivity contribution in [1.29, 1.82) is 0 Å². The molecule has 0 atom stereocenters. The van der Waals surface area contributed by atoms with E-state index in [0.717, 1.165) is 50.4 Å². The average molecular weight is 718 g/mol. The maximum Gasteiger partial charge on any atom is 0.160 e. The predicted octanol–water partition coefficient (Wildman–Crippen LogP) is 14.0. The van der Waals surface area contributed by atoms with Crippen molar-refractivity contribution in [1.82, 2.24) is 15.0 Å². The van der Waals surface area contributed by atoms with Crippen molar-refractivity contribution >= 4 is 64.0 Å². The van der Waals surface area contributed by atoms with Crippen LogP contribution in [0.15, 0.2) is 188 Å². The zero-order chi connectivity index (χ0) is 36.3. The van der Waals surface area contributed by atoms with E-state index in [1.807, 2.05) is 47.7 Å². The van der Waals surface area contributed by atoms with Crippen LogP contribution in [0.5, 0.6) is 0 Å². The van der Waals surface area contributed by atoms with Crippen molar-refractivity contribution in [2.45, 2.75) is 0 Å². The van der Waals surface area contributed by atoms with Crippen LogP contribution in [0.3, 0.4) is 0 Å². The molecule has 0 amide bonds. The lowest BCUT2D eigenvalue weighted by molar-refractivity contribution is 1.18. The summed E-state index contributed by atoms with van der Waals surface area (Å²) in [6, 6.07) is 66.6. The van der Waals surface area contributed by atoms with E-state index >= 15 is 0 Å². The Labute approximate surface area is 321 Å². The second-order valence-electron chi connectivity index (χ2n) is 14.0. The molecule has 0 unspecified atom stereocenters. The molecular formula is C51H31N3S. The van der Waals surface area contributed by atoms with Gasteiger partial charge in [0, 0.05) is 47.8 Å². The number of benzene rings is 8. The summed E-state index contributed by atoms with van der Waals surface area (Å²) in [5.41, 5.74) is 10.3. The molecule has 0 radical (unpaired) electrons. The van der Waals surface area contributed by atoms with E-state index in [2.05, 4.69) is 152 Å². The summed E-state index contributed by atoms with van der Waals surface area (Å²) in [6.07, 6.45) is 0. The van der Waals surface area contributed by atoms with E-state index in [1.54, 1.807) is 0 Å². The van der Waals surface area contributed by atoms with Gasteiger partial charge in [-0.05, 0) is 56.9 Å². The lowest BCUT2D eigenvalue weighted by Crippen LogP contribution is -1.96. The Morgan fingerprint density at radius 2 is 0.945 bits per heavy atom. The van der Waals surface area contributed by atoms with Gasteiger partial charge in [-0.25, -0.2) is 15.0 Å². The van der Waals surface area contributed by atoms with Crippen molar-refractivity contribution < 1.29 is 0 Å². The van der Waals surface area contributed by atoms with E-state index in [9.17, 15) is 0 Å². The molecule has 11 rings (SSSR count). The number of nitrogens with zero attached hydrogens (tertiary/aromatic N) is 3. The van der Waals surface area contributed by atoms with Crippen molar-refractivity contribution in [2.75, 3.05) is 0 Å². The third kappa shape index (κ3) is 5.38.